The van der Waals surface area contributed by atoms with Gasteiger partial charge >= 0.3 is 0 Å². The highest BCUT2D eigenvalue weighted by molar-refractivity contribution is 6.30. The smallest absolute Gasteiger partial charge is 0.179 e. The molecule has 1 fully saturated rings. The van der Waals surface area contributed by atoms with Crippen LogP contribution in [0.3, 0.4) is 0 Å². The Morgan fingerprint density at radius 1 is 1.40 bits per heavy atom. The first-order valence-corrected chi connectivity index (χ1v) is 8.04. The second-order valence-electron chi connectivity index (χ2n) is 5.91. The van der Waals surface area contributed by atoms with Gasteiger partial charge in [0.2, 0.25) is 0 Å². The van der Waals surface area contributed by atoms with Crippen LogP contribution in [-0.4, -0.2) is 40.8 Å². The molecule has 0 saturated heterocycles. The van der Waals surface area contributed by atoms with Crippen LogP contribution >= 0.6 is 11.6 Å². The number of aryl methyl sites for hydroxylation is 1. The predicted molar refractivity (Wildman–Crippen MR) is 83.8 cm³/mol. The molecule has 0 amide bonds. The third kappa shape index (κ3) is 3.26. The molecule has 0 atom stereocenters. The number of halogens is 1. The highest BCUT2D eigenvalue weighted by Gasteiger charge is 2.20. The number of carbonyl (C=O) groups is 1. The molecule has 4 heteroatoms. The van der Waals surface area contributed by atoms with E-state index in [2.05, 4.69) is 23.4 Å². The van der Waals surface area contributed by atoms with Crippen molar-refractivity contribution in [3.63, 3.8) is 0 Å². The van der Waals surface area contributed by atoms with Crippen molar-refractivity contribution in [2.24, 2.45) is 0 Å². The summed E-state index contributed by atoms with van der Waals surface area (Å²) >= 11 is 5.67. The fraction of sp³-hybridized carbons (Fsp3) is 0.688. The highest BCUT2D eigenvalue weighted by Crippen LogP contribution is 2.23. The van der Waals surface area contributed by atoms with Crippen molar-refractivity contribution in [1.29, 1.82) is 0 Å². The minimum Gasteiger partial charge on any atom is -0.347 e. The molecule has 0 aromatic carbocycles. The van der Waals surface area contributed by atoms with Crippen LogP contribution in [0.15, 0.2) is 6.07 Å². The first kappa shape index (κ1) is 15.6. The minimum absolute atomic E-state index is 0.0233. The Kier molecular flexibility index (Phi) is 5.28. The Morgan fingerprint density at radius 3 is 2.65 bits per heavy atom. The SMILES string of the molecule is Cc1cc(C(=O)CCl)c(C)n1CCN(C)C1CCCC1. The number of rotatable bonds is 6. The molecule has 1 aromatic heterocycles. The van der Waals surface area contributed by atoms with Gasteiger partial charge in [-0.25, -0.2) is 0 Å². The van der Waals surface area contributed by atoms with Gasteiger partial charge in [0, 0.05) is 36.1 Å². The number of carbonyl (C=O) groups excluding carboxylic acids is 1. The summed E-state index contributed by atoms with van der Waals surface area (Å²) in [6.07, 6.45) is 5.39. The molecule has 2 rings (SSSR count). The zero-order valence-corrected chi connectivity index (χ0v) is 13.5. The van der Waals surface area contributed by atoms with Gasteiger partial charge in [-0.1, -0.05) is 12.8 Å². The monoisotopic (exact) mass is 296 g/mol. The molecule has 1 aromatic rings. The molecule has 0 N–H and O–H groups in total. The summed E-state index contributed by atoms with van der Waals surface area (Å²) in [5.74, 6) is 0.0851. The quantitative estimate of drug-likeness (QED) is 0.594. The zero-order valence-electron chi connectivity index (χ0n) is 12.8. The largest absolute Gasteiger partial charge is 0.347 e. The molecule has 1 heterocycles. The normalized spacial score (nSPS) is 16.2. The van der Waals surface area contributed by atoms with E-state index in [1.54, 1.807) is 0 Å². The van der Waals surface area contributed by atoms with Crippen molar-refractivity contribution in [1.82, 2.24) is 9.47 Å². The van der Waals surface area contributed by atoms with Crippen LogP contribution in [0.4, 0.5) is 0 Å². The Balaban J connectivity index is 2.02. The highest BCUT2D eigenvalue weighted by atomic mass is 35.5. The Morgan fingerprint density at radius 2 is 2.05 bits per heavy atom. The van der Waals surface area contributed by atoms with Crippen molar-refractivity contribution >= 4 is 17.4 Å². The van der Waals surface area contributed by atoms with Crippen molar-refractivity contribution in [3.05, 3.63) is 23.0 Å². The summed E-state index contributed by atoms with van der Waals surface area (Å²) in [6, 6.07) is 2.71. The van der Waals surface area contributed by atoms with Gasteiger partial charge in [-0.2, -0.15) is 0 Å². The summed E-state index contributed by atoms with van der Waals surface area (Å²) in [6.45, 7) is 6.06. The molecular weight excluding hydrogens is 272 g/mol. The van der Waals surface area contributed by atoms with E-state index in [1.165, 1.54) is 25.7 Å². The van der Waals surface area contributed by atoms with E-state index >= 15 is 0 Å². The molecule has 0 radical (unpaired) electrons. The Hall–Kier alpha value is -0.800. The number of aromatic nitrogens is 1. The summed E-state index contributed by atoms with van der Waals surface area (Å²) in [4.78, 5) is 14.3. The van der Waals surface area contributed by atoms with Crippen LogP contribution in [0.1, 0.15) is 47.4 Å². The molecule has 0 unspecified atom stereocenters. The van der Waals surface area contributed by atoms with Crippen LogP contribution < -0.4 is 0 Å². The zero-order chi connectivity index (χ0) is 14.7. The van der Waals surface area contributed by atoms with Gasteiger partial charge in [0.15, 0.2) is 5.78 Å². The standard InChI is InChI=1S/C16H25ClN2O/c1-12-10-15(16(20)11-17)13(2)19(12)9-8-18(3)14-6-4-5-7-14/h10,14H,4-9,11H2,1-3H3. The van der Waals surface area contributed by atoms with E-state index in [0.29, 0.717) is 0 Å². The summed E-state index contributed by atoms with van der Waals surface area (Å²) in [7, 11) is 2.22. The number of alkyl halides is 1. The molecule has 112 valence electrons. The molecule has 20 heavy (non-hydrogen) atoms. The van der Waals surface area contributed by atoms with Gasteiger partial charge in [-0.15, -0.1) is 11.6 Å². The van der Waals surface area contributed by atoms with E-state index in [-0.39, 0.29) is 11.7 Å². The lowest BCUT2D eigenvalue weighted by Gasteiger charge is -2.24. The van der Waals surface area contributed by atoms with Crippen LogP contribution in [0, 0.1) is 13.8 Å². The fourth-order valence-corrected chi connectivity index (χ4v) is 3.43. The van der Waals surface area contributed by atoms with Gasteiger partial charge < -0.3 is 9.47 Å². The van der Waals surface area contributed by atoms with Crippen LogP contribution in [-0.2, 0) is 6.54 Å². The first-order valence-electron chi connectivity index (χ1n) is 7.50. The lowest BCUT2D eigenvalue weighted by molar-refractivity contribution is 0.102. The minimum atomic E-state index is 0.0233. The van der Waals surface area contributed by atoms with Gasteiger partial charge in [-0.05, 0) is 39.8 Å². The number of hydrogen-bond acceptors (Lipinski definition) is 2. The van der Waals surface area contributed by atoms with E-state index < -0.39 is 0 Å². The third-order valence-corrected chi connectivity index (χ3v) is 4.86. The average Bonchev–Trinajstić information content (AvgIpc) is 3.05. The van der Waals surface area contributed by atoms with Gasteiger partial charge in [0.25, 0.3) is 0 Å². The lowest BCUT2D eigenvalue weighted by Crippen LogP contribution is -2.32. The van der Waals surface area contributed by atoms with Gasteiger partial charge in [0.1, 0.15) is 0 Å². The number of ketones is 1. The number of Topliss-reactive ketones (excluding diaryl/α,β-unsaturated/α-hetero) is 1. The van der Waals surface area contributed by atoms with Crippen LogP contribution in [0.25, 0.3) is 0 Å². The number of nitrogens with zero attached hydrogens (tertiary/aromatic N) is 2. The molecular formula is C16H25ClN2O. The second kappa shape index (κ2) is 6.77. The van der Waals surface area contributed by atoms with Crippen LogP contribution in [0.2, 0.25) is 0 Å². The molecule has 1 aliphatic rings. The Bertz CT molecular complexity index is 475. The van der Waals surface area contributed by atoms with Gasteiger partial charge in [-0.3, -0.25) is 4.79 Å². The topological polar surface area (TPSA) is 25.2 Å². The van der Waals surface area contributed by atoms with E-state index in [0.717, 1.165) is 36.1 Å². The fourth-order valence-electron chi connectivity index (χ4n) is 3.28. The van der Waals surface area contributed by atoms with E-state index in [1.807, 2.05) is 13.0 Å². The van der Waals surface area contributed by atoms with Crippen molar-refractivity contribution < 1.29 is 4.79 Å². The lowest BCUT2D eigenvalue weighted by atomic mass is 10.2. The van der Waals surface area contributed by atoms with E-state index in [9.17, 15) is 4.79 Å². The summed E-state index contributed by atoms with van der Waals surface area (Å²) in [5.41, 5.74) is 2.98. The molecule has 1 aliphatic carbocycles. The second-order valence-corrected chi connectivity index (χ2v) is 6.18. The third-order valence-electron chi connectivity index (χ3n) is 4.62. The molecule has 3 nitrogen and oxygen atoms in total. The summed E-state index contributed by atoms with van der Waals surface area (Å²) in [5, 5.41) is 0. The number of likely N-dealkylation sites (N-methyl/N-ethyl adjacent to an activating group) is 1. The maximum Gasteiger partial charge on any atom is 0.179 e. The van der Waals surface area contributed by atoms with Crippen molar-refractivity contribution in [3.8, 4) is 0 Å². The molecule has 0 bridgehead atoms. The maximum absolute atomic E-state index is 11.8. The van der Waals surface area contributed by atoms with Crippen molar-refractivity contribution in [2.45, 2.75) is 52.1 Å². The Labute approximate surface area is 126 Å². The average molecular weight is 297 g/mol. The molecule has 0 spiro atoms. The van der Waals surface area contributed by atoms with Crippen LogP contribution in [0.5, 0.6) is 0 Å². The maximum atomic E-state index is 11.8. The summed E-state index contributed by atoms with van der Waals surface area (Å²) < 4.78 is 2.24. The molecule has 1 saturated carbocycles. The van der Waals surface area contributed by atoms with Crippen molar-refractivity contribution in [2.75, 3.05) is 19.5 Å². The number of hydrogen-bond donors (Lipinski definition) is 0. The van der Waals surface area contributed by atoms with E-state index in [4.69, 9.17) is 11.6 Å². The first-order chi connectivity index (χ1) is 9.54. The molecule has 0 aliphatic heterocycles. The van der Waals surface area contributed by atoms with Gasteiger partial charge in [0.05, 0.1) is 5.88 Å². The predicted octanol–water partition coefficient (Wildman–Crippen LogP) is 3.40.